The Bertz CT molecular complexity index is 1010. The molecule has 32 heavy (non-hydrogen) atoms. The summed E-state index contributed by atoms with van der Waals surface area (Å²) in [5, 5.41) is 6.87. The SMILES string of the molecule is O=C(NCCN1C=CNC1)c1ccc(N2CCN(C(=O)c3cc(Cl)ccc3Cl)CC2)nc1. The molecule has 2 aliphatic heterocycles. The fourth-order valence-corrected chi connectivity index (χ4v) is 4.00. The number of halogens is 2. The molecule has 1 fully saturated rings. The van der Waals surface area contributed by atoms with Gasteiger partial charge in [0.1, 0.15) is 5.82 Å². The molecule has 0 unspecified atom stereocenters. The summed E-state index contributed by atoms with van der Waals surface area (Å²) in [4.78, 5) is 35.5. The zero-order valence-electron chi connectivity index (χ0n) is 17.4. The van der Waals surface area contributed by atoms with E-state index in [4.69, 9.17) is 23.2 Å². The number of nitrogens with zero attached hydrogens (tertiary/aromatic N) is 4. The Labute approximate surface area is 196 Å². The van der Waals surface area contributed by atoms with Gasteiger partial charge in [-0.05, 0) is 30.3 Å². The third-order valence-electron chi connectivity index (χ3n) is 5.44. The molecule has 1 aromatic carbocycles. The Morgan fingerprint density at radius 2 is 1.91 bits per heavy atom. The summed E-state index contributed by atoms with van der Waals surface area (Å²) in [6.45, 7) is 4.43. The minimum Gasteiger partial charge on any atom is -0.373 e. The van der Waals surface area contributed by atoms with E-state index in [-0.39, 0.29) is 11.8 Å². The van der Waals surface area contributed by atoms with Gasteiger partial charge in [0.25, 0.3) is 11.8 Å². The summed E-state index contributed by atoms with van der Waals surface area (Å²) >= 11 is 12.2. The van der Waals surface area contributed by atoms with Crippen molar-refractivity contribution in [3.63, 3.8) is 0 Å². The molecule has 168 valence electrons. The Morgan fingerprint density at radius 1 is 1.09 bits per heavy atom. The first kappa shape index (κ1) is 22.2. The topological polar surface area (TPSA) is 80.8 Å². The summed E-state index contributed by atoms with van der Waals surface area (Å²) in [6.07, 6.45) is 5.43. The van der Waals surface area contributed by atoms with Gasteiger partial charge in [-0.25, -0.2) is 4.98 Å². The van der Waals surface area contributed by atoms with Crippen LogP contribution >= 0.6 is 23.2 Å². The zero-order chi connectivity index (χ0) is 22.5. The third kappa shape index (κ3) is 5.26. The predicted octanol–water partition coefficient (Wildman–Crippen LogP) is 2.41. The molecule has 0 aliphatic carbocycles. The number of carbonyl (C=O) groups excluding carboxylic acids is 2. The van der Waals surface area contributed by atoms with Crippen LogP contribution in [0.5, 0.6) is 0 Å². The molecule has 2 N–H and O–H groups in total. The van der Waals surface area contributed by atoms with Gasteiger partial charge < -0.3 is 25.3 Å². The molecular formula is C22H24Cl2N6O2. The lowest BCUT2D eigenvalue weighted by Crippen LogP contribution is -2.49. The highest BCUT2D eigenvalue weighted by Crippen LogP contribution is 2.23. The largest absolute Gasteiger partial charge is 0.373 e. The van der Waals surface area contributed by atoms with Crippen molar-refractivity contribution in [2.45, 2.75) is 0 Å². The summed E-state index contributed by atoms with van der Waals surface area (Å²) < 4.78 is 0. The number of hydrogen-bond donors (Lipinski definition) is 2. The van der Waals surface area contributed by atoms with Crippen molar-refractivity contribution in [3.8, 4) is 0 Å². The quantitative estimate of drug-likeness (QED) is 0.668. The van der Waals surface area contributed by atoms with Crippen LogP contribution < -0.4 is 15.5 Å². The molecule has 0 atom stereocenters. The number of carbonyl (C=O) groups is 2. The highest BCUT2D eigenvalue weighted by atomic mass is 35.5. The first-order valence-corrected chi connectivity index (χ1v) is 11.1. The molecule has 2 amide bonds. The first-order chi connectivity index (χ1) is 15.5. The van der Waals surface area contributed by atoms with Gasteiger partial charge in [-0.2, -0.15) is 0 Å². The maximum atomic E-state index is 12.8. The first-order valence-electron chi connectivity index (χ1n) is 10.4. The molecule has 10 heteroatoms. The zero-order valence-corrected chi connectivity index (χ0v) is 18.9. The summed E-state index contributed by atoms with van der Waals surface area (Å²) in [5.41, 5.74) is 0.936. The molecule has 0 saturated carbocycles. The van der Waals surface area contributed by atoms with E-state index in [1.165, 1.54) is 0 Å². The van der Waals surface area contributed by atoms with Gasteiger partial charge in [-0.15, -0.1) is 0 Å². The van der Waals surface area contributed by atoms with E-state index < -0.39 is 0 Å². The van der Waals surface area contributed by atoms with Crippen molar-refractivity contribution in [1.82, 2.24) is 25.4 Å². The van der Waals surface area contributed by atoms with Crippen LogP contribution in [0.1, 0.15) is 20.7 Å². The minimum atomic E-state index is -0.144. The Kier molecular flexibility index (Phi) is 7.02. The van der Waals surface area contributed by atoms with Crippen LogP contribution in [0, 0.1) is 0 Å². The molecule has 0 bridgehead atoms. The van der Waals surface area contributed by atoms with Crippen LogP contribution in [0.15, 0.2) is 48.9 Å². The van der Waals surface area contributed by atoms with E-state index in [2.05, 4.69) is 25.4 Å². The number of piperazine rings is 1. The highest BCUT2D eigenvalue weighted by molar-refractivity contribution is 6.35. The van der Waals surface area contributed by atoms with Crippen molar-refractivity contribution in [2.75, 3.05) is 50.8 Å². The Balaban J connectivity index is 1.28. The molecule has 1 saturated heterocycles. The Hall–Kier alpha value is -2.97. The van der Waals surface area contributed by atoms with Gasteiger partial charge in [0.05, 0.1) is 22.8 Å². The smallest absolute Gasteiger partial charge is 0.255 e. The number of rotatable bonds is 6. The number of aromatic nitrogens is 1. The minimum absolute atomic E-state index is 0.127. The third-order valence-corrected chi connectivity index (χ3v) is 6.01. The molecule has 2 aliphatic rings. The fourth-order valence-electron chi connectivity index (χ4n) is 3.63. The lowest BCUT2D eigenvalue weighted by molar-refractivity contribution is 0.0746. The maximum Gasteiger partial charge on any atom is 0.255 e. The number of hydrogen-bond acceptors (Lipinski definition) is 6. The molecule has 3 heterocycles. The summed E-state index contributed by atoms with van der Waals surface area (Å²) in [6, 6.07) is 8.51. The molecule has 4 rings (SSSR count). The van der Waals surface area contributed by atoms with E-state index in [0.717, 1.165) is 19.0 Å². The number of nitrogens with one attached hydrogen (secondary N) is 2. The van der Waals surface area contributed by atoms with Crippen LogP contribution in [0.2, 0.25) is 10.0 Å². The number of amides is 2. The van der Waals surface area contributed by atoms with Crippen molar-refractivity contribution in [3.05, 3.63) is 70.1 Å². The van der Waals surface area contributed by atoms with Crippen LogP contribution in [0.25, 0.3) is 0 Å². The molecule has 0 spiro atoms. The van der Waals surface area contributed by atoms with E-state index in [0.29, 0.717) is 53.9 Å². The second-order valence-electron chi connectivity index (χ2n) is 7.55. The van der Waals surface area contributed by atoms with Crippen molar-refractivity contribution >= 4 is 40.8 Å². The van der Waals surface area contributed by atoms with E-state index in [9.17, 15) is 9.59 Å². The van der Waals surface area contributed by atoms with E-state index >= 15 is 0 Å². The number of pyridine rings is 1. The van der Waals surface area contributed by atoms with Gasteiger partial charge in [-0.1, -0.05) is 23.2 Å². The van der Waals surface area contributed by atoms with E-state index in [1.54, 1.807) is 35.4 Å². The lowest BCUT2D eigenvalue weighted by Gasteiger charge is -2.35. The average molecular weight is 475 g/mol. The van der Waals surface area contributed by atoms with Crippen molar-refractivity contribution < 1.29 is 9.59 Å². The molecular weight excluding hydrogens is 451 g/mol. The number of benzene rings is 1. The van der Waals surface area contributed by atoms with Crippen LogP contribution in [-0.4, -0.2) is 72.5 Å². The van der Waals surface area contributed by atoms with Crippen molar-refractivity contribution in [2.24, 2.45) is 0 Å². The lowest BCUT2D eigenvalue weighted by atomic mass is 10.1. The monoisotopic (exact) mass is 474 g/mol. The van der Waals surface area contributed by atoms with E-state index in [1.807, 2.05) is 18.5 Å². The average Bonchev–Trinajstić information content (AvgIpc) is 3.34. The van der Waals surface area contributed by atoms with Gasteiger partial charge in [-0.3, -0.25) is 9.59 Å². The number of anilines is 1. The molecule has 0 radical (unpaired) electrons. The standard InChI is InChI=1S/C22H24Cl2N6O2/c23-17-2-3-19(24)18(13-17)22(32)30-11-9-29(10-12-30)20-4-1-16(14-27-20)21(31)26-6-8-28-7-5-25-15-28/h1-5,7,13-14,25H,6,8-12,15H2,(H,26,31). The molecule has 8 nitrogen and oxygen atoms in total. The second kappa shape index (κ2) is 10.1. The van der Waals surface area contributed by atoms with Gasteiger partial charge in [0, 0.05) is 62.9 Å². The Morgan fingerprint density at radius 3 is 2.59 bits per heavy atom. The fraction of sp³-hybridized carbons (Fsp3) is 0.318. The van der Waals surface area contributed by atoms with Crippen LogP contribution in [-0.2, 0) is 0 Å². The second-order valence-corrected chi connectivity index (χ2v) is 8.40. The molecule has 2 aromatic rings. The van der Waals surface area contributed by atoms with Gasteiger partial charge in [0.2, 0.25) is 0 Å². The van der Waals surface area contributed by atoms with Crippen molar-refractivity contribution in [1.29, 1.82) is 0 Å². The molecule has 1 aromatic heterocycles. The predicted molar refractivity (Wildman–Crippen MR) is 125 cm³/mol. The highest BCUT2D eigenvalue weighted by Gasteiger charge is 2.24. The van der Waals surface area contributed by atoms with Crippen LogP contribution in [0.3, 0.4) is 0 Å². The van der Waals surface area contributed by atoms with Gasteiger partial charge in [0.15, 0.2) is 0 Å². The normalized spacial score (nSPS) is 15.6. The summed E-state index contributed by atoms with van der Waals surface area (Å²) in [7, 11) is 0. The van der Waals surface area contributed by atoms with Crippen LogP contribution in [0.4, 0.5) is 5.82 Å². The summed E-state index contributed by atoms with van der Waals surface area (Å²) in [5.74, 6) is 0.508. The van der Waals surface area contributed by atoms with Gasteiger partial charge >= 0.3 is 0 Å². The maximum absolute atomic E-state index is 12.8.